The van der Waals surface area contributed by atoms with Crippen molar-refractivity contribution in [3.63, 3.8) is 0 Å². The van der Waals surface area contributed by atoms with Gasteiger partial charge in [0.25, 0.3) is 0 Å². The number of carbonyl (C=O) groups is 2. The van der Waals surface area contributed by atoms with E-state index in [-0.39, 0.29) is 12.1 Å². The average Bonchev–Trinajstić information content (AvgIpc) is 2.46. The van der Waals surface area contributed by atoms with E-state index < -0.39 is 5.97 Å². The van der Waals surface area contributed by atoms with Gasteiger partial charge in [-0.2, -0.15) is 11.8 Å². The number of aromatic carboxylic acids is 1. The van der Waals surface area contributed by atoms with Gasteiger partial charge in [0, 0.05) is 24.9 Å². The molecule has 1 unspecified atom stereocenters. The average molecular weight is 308 g/mol. The molecule has 1 aromatic rings. The highest BCUT2D eigenvalue weighted by Crippen LogP contribution is 2.22. The zero-order chi connectivity index (χ0) is 15.4. The number of hydrogen-bond donors (Lipinski definition) is 2. The molecule has 2 rings (SSSR count). The Bertz CT molecular complexity index is 548. The van der Waals surface area contributed by atoms with Gasteiger partial charge in [-0.1, -0.05) is 12.1 Å². The van der Waals surface area contributed by atoms with Crippen molar-refractivity contribution in [2.24, 2.45) is 0 Å². The third-order valence-corrected chi connectivity index (χ3v) is 4.40. The van der Waals surface area contributed by atoms with Crippen LogP contribution < -0.4 is 5.32 Å². The van der Waals surface area contributed by atoms with Crippen molar-refractivity contribution in [2.45, 2.75) is 25.9 Å². The summed E-state index contributed by atoms with van der Waals surface area (Å²) in [7, 11) is 0. The summed E-state index contributed by atoms with van der Waals surface area (Å²) >= 11 is 1.69. The number of carboxylic acid groups (broad SMARTS) is 1. The van der Waals surface area contributed by atoms with Gasteiger partial charge in [-0.25, -0.2) is 9.59 Å². The fraction of sp³-hybridized carbons (Fsp3) is 0.467. The molecular weight excluding hydrogens is 288 g/mol. The molecule has 2 amide bonds. The minimum Gasteiger partial charge on any atom is -0.478 e. The number of benzene rings is 1. The van der Waals surface area contributed by atoms with Gasteiger partial charge < -0.3 is 15.3 Å². The maximum Gasteiger partial charge on any atom is 0.335 e. The van der Waals surface area contributed by atoms with Crippen LogP contribution in [0.5, 0.6) is 0 Å². The molecule has 1 atom stereocenters. The Morgan fingerprint density at radius 1 is 1.48 bits per heavy atom. The van der Waals surface area contributed by atoms with E-state index in [9.17, 15) is 14.7 Å². The first-order valence-corrected chi connectivity index (χ1v) is 8.30. The van der Waals surface area contributed by atoms with E-state index in [1.807, 2.05) is 19.2 Å². The van der Waals surface area contributed by atoms with Gasteiger partial charge in [0.2, 0.25) is 0 Å². The largest absolute Gasteiger partial charge is 0.478 e. The van der Waals surface area contributed by atoms with Crippen LogP contribution in [-0.2, 0) is 13.0 Å². The van der Waals surface area contributed by atoms with Gasteiger partial charge in [-0.3, -0.25) is 0 Å². The van der Waals surface area contributed by atoms with Crippen molar-refractivity contribution in [3.05, 3.63) is 34.9 Å². The summed E-state index contributed by atoms with van der Waals surface area (Å²) in [5.74, 6) is -0.0300. The third-order valence-electron chi connectivity index (χ3n) is 3.57. The third kappa shape index (κ3) is 3.69. The second-order valence-electron chi connectivity index (χ2n) is 5.23. The van der Waals surface area contributed by atoms with Gasteiger partial charge in [-0.15, -0.1) is 0 Å². The molecule has 5 nitrogen and oxygen atoms in total. The summed E-state index contributed by atoms with van der Waals surface area (Å²) in [6, 6.07) is 5.30. The van der Waals surface area contributed by atoms with Crippen LogP contribution in [0.2, 0.25) is 0 Å². The minimum atomic E-state index is -0.904. The van der Waals surface area contributed by atoms with Crippen molar-refractivity contribution in [1.29, 1.82) is 0 Å². The molecule has 1 heterocycles. The minimum absolute atomic E-state index is 0.0806. The maximum atomic E-state index is 12.2. The number of carbonyl (C=O) groups excluding carboxylic acids is 1. The molecule has 1 aliphatic heterocycles. The number of thioether (sulfide) groups is 1. The van der Waals surface area contributed by atoms with Gasteiger partial charge in [0.15, 0.2) is 0 Å². The van der Waals surface area contributed by atoms with E-state index >= 15 is 0 Å². The molecule has 0 aromatic heterocycles. The van der Waals surface area contributed by atoms with Crippen LogP contribution in [0.15, 0.2) is 18.2 Å². The Morgan fingerprint density at radius 3 is 2.90 bits per heavy atom. The molecule has 0 spiro atoms. The van der Waals surface area contributed by atoms with Gasteiger partial charge in [0.05, 0.1) is 5.56 Å². The highest BCUT2D eigenvalue weighted by molar-refractivity contribution is 7.98. The summed E-state index contributed by atoms with van der Waals surface area (Å²) in [5.41, 5.74) is 2.13. The zero-order valence-electron chi connectivity index (χ0n) is 12.3. The molecule has 2 N–H and O–H groups in total. The number of hydrogen-bond acceptors (Lipinski definition) is 3. The molecule has 0 saturated heterocycles. The van der Waals surface area contributed by atoms with Crippen molar-refractivity contribution >= 4 is 23.8 Å². The Labute approximate surface area is 128 Å². The lowest BCUT2D eigenvalue weighted by atomic mass is 9.94. The number of fused-ring (bicyclic) bond motifs is 1. The Morgan fingerprint density at radius 2 is 2.24 bits per heavy atom. The fourth-order valence-corrected chi connectivity index (χ4v) is 3.16. The van der Waals surface area contributed by atoms with E-state index in [2.05, 4.69) is 5.32 Å². The summed E-state index contributed by atoms with van der Waals surface area (Å²) in [4.78, 5) is 25.2. The van der Waals surface area contributed by atoms with Crippen LogP contribution in [0.25, 0.3) is 0 Å². The molecule has 114 valence electrons. The van der Waals surface area contributed by atoms with E-state index in [0.717, 1.165) is 16.9 Å². The Hall–Kier alpha value is -1.69. The van der Waals surface area contributed by atoms with Crippen LogP contribution in [0.1, 0.15) is 28.4 Å². The Balaban J connectivity index is 2.08. The summed E-state index contributed by atoms with van der Waals surface area (Å²) in [6.07, 6.45) is 2.59. The molecule has 1 aliphatic rings. The zero-order valence-corrected chi connectivity index (χ0v) is 13.1. The summed E-state index contributed by atoms with van der Waals surface area (Å²) in [6.45, 7) is 3.00. The number of amides is 2. The lowest BCUT2D eigenvalue weighted by Gasteiger charge is -2.30. The molecule has 6 heteroatoms. The number of carboxylic acids is 1. The van der Waals surface area contributed by atoms with Gasteiger partial charge in [-0.05, 0) is 36.8 Å². The molecule has 21 heavy (non-hydrogen) atoms. The predicted octanol–water partition coefficient (Wildman–Crippen LogP) is 2.20. The molecule has 1 aromatic carbocycles. The second-order valence-corrected chi connectivity index (χ2v) is 6.14. The molecule has 0 bridgehead atoms. The molecular formula is C15H20N2O3S. The summed E-state index contributed by atoms with van der Waals surface area (Å²) < 4.78 is 0. The smallest absolute Gasteiger partial charge is 0.335 e. The topological polar surface area (TPSA) is 69.6 Å². The highest BCUT2D eigenvalue weighted by atomic mass is 32.2. The van der Waals surface area contributed by atoms with Crippen molar-refractivity contribution in [3.8, 4) is 0 Å². The molecule has 0 saturated carbocycles. The van der Waals surface area contributed by atoms with Crippen molar-refractivity contribution in [1.82, 2.24) is 10.2 Å². The van der Waals surface area contributed by atoms with E-state index in [0.29, 0.717) is 25.1 Å². The predicted molar refractivity (Wildman–Crippen MR) is 83.9 cm³/mol. The second kappa shape index (κ2) is 6.85. The number of nitrogens with one attached hydrogen (secondary N) is 1. The number of urea groups is 1. The standard InChI is InChI=1S/C15H20N2O3S/c1-10(9-21-2)16-15(20)17-7-6-12-11(8-17)4-3-5-13(12)14(18)19/h3-5,10H,6-9H2,1-2H3,(H,16,20)(H,18,19). The fourth-order valence-electron chi connectivity index (χ4n) is 2.58. The van der Waals surface area contributed by atoms with E-state index in [4.69, 9.17) is 0 Å². The molecule has 0 aliphatic carbocycles. The van der Waals surface area contributed by atoms with Crippen molar-refractivity contribution in [2.75, 3.05) is 18.6 Å². The van der Waals surface area contributed by atoms with Crippen LogP contribution >= 0.6 is 11.8 Å². The highest BCUT2D eigenvalue weighted by Gasteiger charge is 2.24. The van der Waals surface area contributed by atoms with Gasteiger partial charge >= 0.3 is 12.0 Å². The first-order valence-electron chi connectivity index (χ1n) is 6.91. The monoisotopic (exact) mass is 308 g/mol. The SMILES string of the molecule is CSCC(C)NC(=O)N1CCc2c(cccc2C(=O)O)C1. The molecule has 0 radical (unpaired) electrons. The van der Waals surface area contributed by atoms with Crippen LogP contribution in [0.4, 0.5) is 4.79 Å². The number of rotatable bonds is 4. The first-order chi connectivity index (χ1) is 10.0. The van der Waals surface area contributed by atoms with Crippen LogP contribution in [0, 0.1) is 0 Å². The quantitative estimate of drug-likeness (QED) is 0.894. The maximum absolute atomic E-state index is 12.2. The van der Waals surface area contributed by atoms with Crippen molar-refractivity contribution < 1.29 is 14.7 Å². The lowest BCUT2D eigenvalue weighted by molar-refractivity contribution is 0.0695. The summed E-state index contributed by atoms with van der Waals surface area (Å²) in [5, 5.41) is 12.2. The van der Waals surface area contributed by atoms with E-state index in [1.165, 1.54) is 0 Å². The lowest BCUT2D eigenvalue weighted by Crippen LogP contribution is -2.46. The first kappa shape index (κ1) is 15.7. The normalized spacial score (nSPS) is 15.2. The van der Waals surface area contributed by atoms with E-state index in [1.54, 1.807) is 28.8 Å². The van der Waals surface area contributed by atoms with Crippen LogP contribution in [0.3, 0.4) is 0 Å². The van der Waals surface area contributed by atoms with Gasteiger partial charge in [0.1, 0.15) is 0 Å². The Kier molecular flexibility index (Phi) is 5.12. The van der Waals surface area contributed by atoms with Crippen LogP contribution in [-0.4, -0.2) is 46.6 Å². The molecule has 0 fully saturated rings. The number of nitrogens with zero attached hydrogens (tertiary/aromatic N) is 1.